The van der Waals surface area contributed by atoms with Gasteiger partial charge in [0, 0.05) is 61.2 Å². The van der Waals surface area contributed by atoms with Crippen molar-refractivity contribution in [3.63, 3.8) is 0 Å². The summed E-state index contributed by atoms with van der Waals surface area (Å²) in [4.78, 5) is 22.6. The molecule has 37 heavy (non-hydrogen) atoms. The van der Waals surface area contributed by atoms with E-state index in [4.69, 9.17) is 9.47 Å². The van der Waals surface area contributed by atoms with E-state index < -0.39 is 18.7 Å². The van der Waals surface area contributed by atoms with Crippen LogP contribution in [-0.2, 0) is 17.6 Å². The van der Waals surface area contributed by atoms with E-state index >= 15 is 0 Å². The molecule has 0 saturated carbocycles. The molecular weight excluding hydrogens is 487 g/mol. The number of nitrogens with zero attached hydrogens (tertiary/aromatic N) is 2. The van der Waals surface area contributed by atoms with Crippen LogP contribution in [0.25, 0.3) is 11.3 Å². The normalized spacial score (nSPS) is 18.0. The highest BCUT2D eigenvalue weighted by Gasteiger charge is 2.29. The Bertz CT molecular complexity index is 1280. The molecule has 0 spiro atoms. The Morgan fingerprint density at radius 2 is 2.19 bits per heavy atom. The molecule has 0 bridgehead atoms. The number of halogens is 3. The number of ether oxygens (including phenoxy) is 2. The standard InChI is InChI=1S/C26H28F3N5O3/c1-34-9-10-36-15(13-34)14-37-21-12-30-7-5-16(21)24-25(23-20(33-24)6-8-31-26(23)35)32-19-4-2-3-18(27)17(19)11-22(28)29/h2-5,7,12,15,22,32-33H,6,8-11,13-14H2,1H3,(H,31,35)/t15-/m0/s1. The van der Waals surface area contributed by atoms with Crippen LogP contribution in [0.4, 0.5) is 24.5 Å². The summed E-state index contributed by atoms with van der Waals surface area (Å²) in [5.41, 5.74) is 2.56. The van der Waals surface area contributed by atoms with Crippen LogP contribution >= 0.6 is 0 Å². The van der Waals surface area contributed by atoms with Crippen molar-refractivity contribution in [2.75, 3.05) is 45.2 Å². The maximum atomic E-state index is 14.5. The molecule has 0 unspecified atom stereocenters. The van der Waals surface area contributed by atoms with Gasteiger partial charge in [-0.15, -0.1) is 0 Å². The van der Waals surface area contributed by atoms with Crippen molar-refractivity contribution in [3.8, 4) is 17.0 Å². The first kappa shape index (κ1) is 25.1. The minimum Gasteiger partial charge on any atom is -0.488 e. The largest absolute Gasteiger partial charge is 0.488 e. The quantitative estimate of drug-likeness (QED) is 0.423. The number of pyridine rings is 1. The number of aromatic amines is 1. The second kappa shape index (κ2) is 10.8. The van der Waals surface area contributed by atoms with Gasteiger partial charge in [0.25, 0.3) is 5.91 Å². The van der Waals surface area contributed by atoms with Crippen molar-refractivity contribution in [1.29, 1.82) is 0 Å². The lowest BCUT2D eigenvalue weighted by Gasteiger charge is -2.30. The van der Waals surface area contributed by atoms with E-state index in [0.717, 1.165) is 19.2 Å². The number of carbonyl (C=O) groups is 1. The molecule has 0 radical (unpaired) electrons. The van der Waals surface area contributed by atoms with Crippen LogP contribution in [0.1, 0.15) is 21.6 Å². The number of aromatic nitrogens is 2. The highest BCUT2D eigenvalue weighted by molar-refractivity contribution is 6.06. The third-order valence-electron chi connectivity index (χ3n) is 6.52. The van der Waals surface area contributed by atoms with Gasteiger partial charge < -0.3 is 30.0 Å². The lowest BCUT2D eigenvalue weighted by Crippen LogP contribution is -2.42. The maximum absolute atomic E-state index is 14.5. The summed E-state index contributed by atoms with van der Waals surface area (Å²) in [6, 6.07) is 5.84. The van der Waals surface area contributed by atoms with Gasteiger partial charge >= 0.3 is 0 Å². The number of nitrogens with one attached hydrogen (secondary N) is 3. The molecule has 3 N–H and O–H groups in total. The Morgan fingerprint density at radius 3 is 3.00 bits per heavy atom. The van der Waals surface area contributed by atoms with Crippen molar-refractivity contribution in [1.82, 2.24) is 20.2 Å². The summed E-state index contributed by atoms with van der Waals surface area (Å²) in [5, 5.41) is 5.91. The summed E-state index contributed by atoms with van der Waals surface area (Å²) in [6.45, 7) is 2.95. The molecule has 1 amide bonds. The number of carbonyl (C=O) groups excluding carboxylic acids is 1. The minimum atomic E-state index is -2.73. The zero-order valence-electron chi connectivity index (χ0n) is 20.3. The molecule has 3 aromatic rings. The highest BCUT2D eigenvalue weighted by atomic mass is 19.3. The molecule has 0 aliphatic carbocycles. The number of rotatable bonds is 8. The van der Waals surface area contributed by atoms with E-state index in [2.05, 4.69) is 25.5 Å². The summed E-state index contributed by atoms with van der Waals surface area (Å²) in [5.74, 6) is -0.590. The number of benzene rings is 1. The lowest BCUT2D eigenvalue weighted by atomic mass is 10.0. The van der Waals surface area contributed by atoms with Crippen LogP contribution in [0.5, 0.6) is 5.75 Å². The van der Waals surface area contributed by atoms with Gasteiger partial charge in [-0.1, -0.05) is 6.07 Å². The SMILES string of the molecule is CN1CCO[C@H](COc2cnccc2-c2[nH]c3c(c2Nc2cccc(F)c2CC(F)F)C(=O)NCC3)C1. The van der Waals surface area contributed by atoms with Crippen molar-refractivity contribution in [3.05, 3.63) is 59.3 Å². The number of fused-ring (bicyclic) bond motifs is 1. The van der Waals surface area contributed by atoms with Crippen molar-refractivity contribution < 1.29 is 27.4 Å². The molecule has 4 heterocycles. The number of hydrogen-bond donors (Lipinski definition) is 3. The van der Waals surface area contributed by atoms with Gasteiger partial charge in [-0.25, -0.2) is 13.2 Å². The fraction of sp³-hybridized carbons (Fsp3) is 0.385. The van der Waals surface area contributed by atoms with Gasteiger partial charge in [0.15, 0.2) is 0 Å². The molecule has 11 heteroatoms. The molecule has 2 aliphatic rings. The Hall–Kier alpha value is -3.57. The maximum Gasteiger partial charge on any atom is 0.255 e. The number of H-pyrrole nitrogens is 1. The van der Waals surface area contributed by atoms with Crippen molar-refractivity contribution >= 4 is 17.3 Å². The fourth-order valence-corrected chi connectivity index (χ4v) is 4.73. The summed E-state index contributed by atoms with van der Waals surface area (Å²) >= 11 is 0. The number of amides is 1. The predicted molar refractivity (Wildman–Crippen MR) is 132 cm³/mol. The molecular formula is C26H28F3N5O3. The van der Waals surface area contributed by atoms with E-state index in [1.165, 1.54) is 12.1 Å². The Balaban J connectivity index is 1.54. The molecule has 1 saturated heterocycles. The molecule has 8 nitrogen and oxygen atoms in total. The number of hydrogen-bond acceptors (Lipinski definition) is 6. The van der Waals surface area contributed by atoms with E-state index in [1.54, 1.807) is 18.5 Å². The molecule has 1 atom stereocenters. The van der Waals surface area contributed by atoms with E-state index in [-0.39, 0.29) is 23.3 Å². The van der Waals surface area contributed by atoms with Crippen LogP contribution in [0.15, 0.2) is 36.7 Å². The molecule has 5 rings (SSSR count). The van der Waals surface area contributed by atoms with Gasteiger partial charge in [0.1, 0.15) is 24.3 Å². The van der Waals surface area contributed by atoms with Crippen LogP contribution < -0.4 is 15.4 Å². The van der Waals surface area contributed by atoms with Crippen LogP contribution in [0, 0.1) is 5.82 Å². The average molecular weight is 516 g/mol. The minimum absolute atomic E-state index is 0.115. The summed E-state index contributed by atoms with van der Waals surface area (Å²) in [6.07, 6.45) is 0.115. The third kappa shape index (κ3) is 5.42. The highest BCUT2D eigenvalue weighted by Crippen LogP contribution is 2.41. The second-order valence-electron chi connectivity index (χ2n) is 9.16. The first-order chi connectivity index (χ1) is 17.9. The summed E-state index contributed by atoms with van der Waals surface area (Å²) in [7, 11) is 2.02. The zero-order valence-corrected chi connectivity index (χ0v) is 20.3. The van der Waals surface area contributed by atoms with E-state index in [1.807, 2.05) is 7.05 Å². The fourth-order valence-electron chi connectivity index (χ4n) is 4.73. The van der Waals surface area contributed by atoms with Gasteiger partial charge in [-0.05, 0) is 25.2 Å². The Labute approximate surface area is 212 Å². The zero-order chi connectivity index (χ0) is 25.9. The van der Waals surface area contributed by atoms with Gasteiger partial charge in [-0.3, -0.25) is 9.78 Å². The number of likely N-dealkylation sites (N-methyl/N-ethyl adjacent to an activating group) is 1. The summed E-state index contributed by atoms with van der Waals surface area (Å²) < 4.78 is 53.0. The first-order valence-corrected chi connectivity index (χ1v) is 12.1. The van der Waals surface area contributed by atoms with Crippen molar-refractivity contribution in [2.24, 2.45) is 0 Å². The third-order valence-corrected chi connectivity index (χ3v) is 6.52. The van der Waals surface area contributed by atoms with Crippen molar-refractivity contribution in [2.45, 2.75) is 25.4 Å². The average Bonchev–Trinajstić information content (AvgIpc) is 3.24. The molecule has 2 aromatic heterocycles. The molecule has 2 aliphatic heterocycles. The monoisotopic (exact) mass is 515 g/mol. The first-order valence-electron chi connectivity index (χ1n) is 12.1. The number of alkyl halides is 2. The van der Waals surface area contributed by atoms with Gasteiger partial charge in [-0.2, -0.15) is 0 Å². The Kier molecular flexibility index (Phi) is 7.33. The predicted octanol–water partition coefficient (Wildman–Crippen LogP) is 3.76. The lowest BCUT2D eigenvalue weighted by molar-refractivity contribution is -0.0403. The Morgan fingerprint density at radius 1 is 1.32 bits per heavy atom. The smallest absolute Gasteiger partial charge is 0.255 e. The van der Waals surface area contributed by atoms with Crippen LogP contribution in [0.2, 0.25) is 0 Å². The molecule has 1 aromatic carbocycles. The van der Waals surface area contributed by atoms with Crippen LogP contribution in [0.3, 0.4) is 0 Å². The number of anilines is 2. The molecule has 196 valence electrons. The van der Waals surface area contributed by atoms with E-state index in [9.17, 15) is 18.0 Å². The van der Waals surface area contributed by atoms with Crippen LogP contribution in [-0.4, -0.2) is 73.2 Å². The van der Waals surface area contributed by atoms with E-state index in [0.29, 0.717) is 60.1 Å². The van der Waals surface area contributed by atoms with Gasteiger partial charge in [0.2, 0.25) is 6.43 Å². The topological polar surface area (TPSA) is 91.5 Å². The molecule has 1 fully saturated rings. The second-order valence-corrected chi connectivity index (χ2v) is 9.16. The number of morpholine rings is 1. The van der Waals surface area contributed by atoms with Gasteiger partial charge in [0.05, 0.1) is 29.7 Å².